The van der Waals surface area contributed by atoms with E-state index < -0.39 is 5.92 Å². The summed E-state index contributed by atoms with van der Waals surface area (Å²) in [5.41, 5.74) is 5.24. The van der Waals surface area contributed by atoms with E-state index in [2.05, 4.69) is 10.5 Å². The molecule has 74 valence electrons. The predicted molar refractivity (Wildman–Crippen MR) is 48.4 cm³/mol. The number of carbonyl (C=O) groups is 1. The van der Waals surface area contributed by atoms with Crippen LogP contribution in [0.15, 0.2) is 5.16 Å². The number of oxime groups is 1. The summed E-state index contributed by atoms with van der Waals surface area (Å²) < 4.78 is 0. The Balaban J connectivity index is 2.47. The maximum atomic E-state index is 11.4. The highest BCUT2D eigenvalue weighted by molar-refractivity contribution is 6.01. The first-order chi connectivity index (χ1) is 5.98. The van der Waals surface area contributed by atoms with E-state index in [1.807, 2.05) is 6.92 Å². The second kappa shape index (κ2) is 3.24. The Labute approximate surface area is 77.0 Å². The monoisotopic (exact) mass is 185 g/mol. The SMILES string of the molecule is CC(C(=O)NC1(C)CC1)C(N)=NO. The molecule has 0 radical (unpaired) electrons. The van der Waals surface area contributed by atoms with Gasteiger partial charge in [0.1, 0.15) is 0 Å². The molecule has 0 heterocycles. The second-order valence-corrected chi connectivity index (χ2v) is 3.80. The minimum atomic E-state index is -0.567. The number of nitrogens with zero attached hydrogens (tertiary/aromatic N) is 1. The molecule has 1 saturated carbocycles. The van der Waals surface area contributed by atoms with E-state index in [0.717, 1.165) is 12.8 Å². The molecule has 0 aliphatic heterocycles. The van der Waals surface area contributed by atoms with Crippen molar-refractivity contribution in [1.82, 2.24) is 5.32 Å². The molecule has 1 atom stereocenters. The van der Waals surface area contributed by atoms with E-state index in [1.54, 1.807) is 6.92 Å². The average molecular weight is 185 g/mol. The third-order valence-electron chi connectivity index (χ3n) is 2.38. The fourth-order valence-electron chi connectivity index (χ4n) is 0.939. The van der Waals surface area contributed by atoms with Crippen LogP contribution in [0, 0.1) is 5.92 Å². The van der Waals surface area contributed by atoms with Gasteiger partial charge in [-0.3, -0.25) is 4.79 Å². The van der Waals surface area contributed by atoms with Gasteiger partial charge >= 0.3 is 0 Å². The van der Waals surface area contributed by atoms with Crippen LogP contribution in [0.1, 0.15) is 26.7 Å². The third-order valence-corrected chi connectivity index (χ3v) is 2.38. The molecule has 1 fully saturated rings. The summed E-state index contributed by atoms with van der Waals surface area (Å²) in [7, 11) is 0. The lowest BCUT2D eigenvalue weighted by Crippen LogP contribution is -2.42. The molecule has 0 bridgehead atoms. The van der Waals surface area contributed by atoms with E-state index in [0.29, 0.717) is 0 Å². The maximum absolute atomic E-state index is 11.4. The lowest BCUT2D eigenvalue weighted by atomic mass is 10.1. The van der Waals surface area contributed by atoms with Crippen molar-refractivity contribution < 1.29 is 10.0 Å². The van der Waals surface area contributed by atoms with Crippen molar-refractivity contribution in [2.24, 2.45) is 16.8 Å². The van der Waals surface area contributed by atoms with Gasteiger partial charge in [-0.05, 0) is 26.7 Å². The Morgan fingerprint density at radius 2 is 2.23 bits per heavy atom. The summed E-state index contributed by atoms with van der Waals surface area (Å²) in [6, 6.07) is 0. The molecule has 1 aliphatic carbocycles. The zero-order valence-electron chi connectivity index (χ0n) is 7.87. The van der Waals surface area contributed by atoms with Gasteiger partial charge < -0.3 is 16.3 Å². The standard InChI is InChI=1S/C8H15N3O2/c1-5(6(9)11-13)7(12)10-8(2)3-4-8/h5,13H,3-4H2,1-2H3,(H2,9,11)(H,10,12). The Kier molecular flexibility index (Phi) is 2.45. The number of carbonyl (C=O) groups excluding carboxylic acids is 1. The zero-order valence-corrected chi connectivity index (χ0v) is 7.87. The van der Waals surface area contributed by atoms with Crippen LogP contribution in [-0.2, 0) is 4.79 Å². The molecule has 0 aromatic carbocycles. The van der Waals surface area contributed by atoms with Crippen molar-refractivity contribution in [2.45, 2.75) is 32.2 Å². The quantitative estimate of drug-likeness (QED) is 0.251. The number of hydrogen-bond acceptors (Lipinski definition) is 3. The molecule has 1 rings (SSSR count). The average Bonchev–Trinajstić information content (AvgIpc) is 2.80. The van der Waals surface area contributed by atoms with Gasteiger partial charge in [0.05, 0.1) is 5.92 Å². The summed E-state index contributed by atoms with van der Waals surface area (Å²) in [5.74, 6) is -0.806. The second-order valence-electron chi connectivity index (χ2n) is 3.80. The van der Waals surface area contributed by atoms with E-state index in [9.17, 15) is 4.79 Å². The molecule has 13 heavy (non-hydrogen) atoms. The summed E-state index contributed by atoms with van der Waals surface area (Å²) in [4.78, 5) is 11.4. The highest BCUT2D eigenvalue weighted by Crippen LogP contribution is 2.34. The van der Waals surface area contributed by atoms with Crippen molar-refractivity contribution in [2.75, 3.05) is 0 Å². The molecular weight excluding hydrogens is 170 g/mol. The molecule has 1 unspecified atom stereocenters. The minimum absolute atomic E-state index is 0.0539. The largest absolute Gasteiger partial charge is 0.409 e. The lowest BCUT2D eigenvalue weighted by molar-refractivity contribution is -0.123. The van der Waals surface area contributed by atoms with Crippen molar-refractivity contribution in [3.05, 3.63) is 0 Å². The molecule has 0 aromatic rings. The first-order valence-corrected chi connectivity index (χ1v) is 4.28. The number of rotatable bonds is 3. The number of nitrogens with two attached hydrogens (primary N) is 1. The van der Waals surface area contributed by atoms with Crippen LogP contribution in [0.5, 0.6) is 0 Å². The van der Waals surface area contributed by atoms with Gasteiger partial charge in [0.2, 0.25) is 5.91 Å². The number of nitrogens with one attached hydrogen (secondary N) is 1. The summed E-state index contributed by atoms with van der Waals surface area (Å²) in [6.07, 6.45) is 2.00. The fourth-order valence-corrected chi connectivity index (χ4v) is 0.939. The molecule has 5 heteroatoms. The van der Waals surface area contributed by atoms with Gasteiger partial charge in [-0.25, -0.2) is 0 Å². The van der Waals surface area contributed by atoms with E-state index >= 15 is 0 Å². The molecule has 4 N–H and O–H groups in total. The lowest BCUT2D eigenvalue weighted by Gasteiger charge is -2.15. The Morgan fingerprint density at radius 3 is 2.62 bits per heavy atom. The van der Waals surface area contributed by atoms with Gasteiger partial charge in [-0.2, -0.15) is 0 Å². The Morgan fingerprint density at radius 1 is 1.69 bits per heavy atom. The van der Waals surface area contributed by atoms with Crippen LogP contribution in [0.3, 0.4) is 0 Å². The van der Waals surface area contributed by atoms with Crippen molar-refractivity contribution in [1.29, 1.82) is 0 Å². The number of hydrogen-bond donors (Lipinski definition) is 3. The van der Waals surface area contributed by atoms with E-state index in [1.165, 1.54) is 0 Å². The first kappa shape index (κ1) is 9.83. The van der Waals surface area contributed by atoms with Crippen molar-refractivity contribution in [3.8, 4) is 0 Å². The fraction of sp³-hybridized carbons (Fsp3) is 0.750. The maximum Gasteiger partial charge on any atom is 0.230 e. The van der Waals surface area contributed by atoms with Crippen LogP contribution in [0.4, 0.5) is 0 Å². The Bertz CT molecular complexity index is 246. The van der Waals surface area contributed by atoms with Crippen LogP contribution < -0.4 is 11.1 Å². The van der Waals surface area contributed by atoms with Gasteiger partial charge in [0.25, 0.3) is 0 Å². The molecule has 0 spiro atoms. The number of amidine groups is 1. The summed E-state index contributed by atoms with van der Waals surface area (Å²) in [5, 5.41) is 14.0. The summed E-state index contributed by atoms with van der Waals surface area (Å²) in [6.45, 7) is 3.58. The Hall–Kier alpha value is -1.26. The molecule has 1 aliphatic rings. The topological polar surface area (TPSA) is 87.7 Å². The number of amides is 1. The van der Waals surface area contributed by atoms with Crippen molar-refractivity contribution in [3.63, 3.8) is 0 Å². The molecule has 1 amide bonds. The molecule has 5 nitrogen and oxygen atoms in total. The van der Waals surface area contributed by atoms with Gasteiger partial charge in [-0.15, -0.1) is 0 Å². The van der Waals surface area contributed by atoms with Crippen LogP contribution >= 0.6 is 0 Å². The van der Waals surface area contributed by atoms with Gasteiger partial charge in [0, 0.05) is 5.54 Å². The van der Waals surface area contributed by atoms with Gasteiger partial charge in [0.15, 0.2) is 5.84 Å². The van der Waals surface area contributed by atoms with Gasteiger partial charge in [-0.1, -0.05) is 5.16 Å². The molecule has 0 saturated heterocycles. The highest BCUT2D eigenvalue weighted by Gasteiger charge is 2.39. The summed E-state index contributed by atoms with van der Waals surface area (Å²) >= 11 is 0. The zero-order chi connectivity index (χ0) is 10.1. The van der Waals surface area contributed by atoms with Crippen molar-refractivity contribution >= 4 is 11.7 Å². The van der Waals surface area contributed by atoms with Crippen LogP contribution in [0.2, 0.25) is 0 Å². The molecular formula is C8H15N3O2. The van der Waals surface area contributed by atoms with E-state index in [4.69, 9.17) is 10.9 Å². The van der Waals surface area contributed by atoms with Crippen LogP contribution in [-0.4, -0.2) is 22.5 Å². The molecule has 0 aromatic heterocycles. The normalized spacial score (nSPS) is 22.2. The predicted octanol–water partition coefficient (Wildman–Crippen LogP) is 0.0376. The highest BCUT2D eigenvalue weighted by atomic mass is 16.4. The van der Waals surface area contributed by atoms with Crippen LogP contribution in [0.25, 0.3) is 0 Å². The smallest absolute Gasteiger partial charge is 0.230 e. The first-order valence-electron chi connectivity index (χ1n) is 4.28. The third kappa shape index (κ3) is 2.34. The minimum Gasteiger partial charge on any atom is -0.409 e. The van der Waals surface area contributed by atoms with E-state index in [-0.39, 0.29) is 17.3 Å².